The minimum absolute atomic E-state index is 0.142. The Balaban J connectivity index is 1.46. The lowest BCUT2D eigenvalue weighted by atomic mass is 10.1. The Labute approximate surface area is 208 Å². The molecule has 0 fully saturated rings. The predicted molar refractivity (Wildman–Crippen MR) is 137 cm³/mol. The molecule has 0 aliphatic rings. The van der Waals surface area contributed by atoms with Crippen LogP contribution in [0.2, 0.25) is 5.02 Å². The number of carbonyl (C=O) groups is 3. The van der Waals surface area contributed by atoms with Crippen LogP contribution in [0.25, 0.3) is 0 Å². The van der Waals surface area contributed by atoms with Crippen LogP contribution in [-0.4, -0.2) is 30.5 Å². The molecule has 0 unspecified atom stereocenters. The van der Waals surface area contributed by atoms with Crippen molar-refractivity contribution >= 4 is 46.9 Å². The summed E-state index contributed by atoms with van der Waals surface area (Å²) in [7, 11) is 0. The fourth-order valence-electron chi connectivity index (χ4n) is 3.31. The molecule has 0 aromatic heterocycles. The maximum Gasteiger partial charge on any atom is 0.329 e. The summed E-state index contributed by atoms with van der Waals surface area (Å²) in [6.45, 7) is 5.77. The van der Waals surface area contributed by atoms with E-state index in [1.54, 1.807) is 48.5 Å². The lowest BCUT2D eigenvalue weighted by Crippen LogP contribution is -2.32. The Morgan fingerprint density at radius 1 is 0.914 bits per heavy atom. The zero-order valence-corrected chi connectivity index (χ0v) is 20.3. The van der Waals surface area contributed by atoms with Gasteiger partial charge in [-0.05, 0) is 73.9 Å². The highest BCUT2D eigenvalue weighted by atomic mass is 35.5. The van der Waals surface area contributed by atoms with Gasteiger partial charge in [-0.1, -0.05) is 41.4 Å². The summed E-state index contributed by atoms with van der Waals surface area (Å²) in [5, 5.41) is 9.39. The molecule has 8 nitrogen and oxygen atoms in total. The van der Waals surface area contributed by atoms with E-state index in [4.69, 9.17) is 16.3 Å². The standard InChI is InChI=1S/C26H25ClN4O4/c1-16-12-17(2)24(18(3)13-16)30-23(32)15-35-20-10-8-19(9-11-20)14-28-31-26(34)25(33)29-22-7-5-4-6-21(22)27/h4-14H,15H2,1-3H3,(H,29,33)(H,30,32)(H,31,34). The summed E-state index contributed by atoms with van der Waals surface area (Å²) in [6.07, 6.45) is 1.38. The molecular formula is C26H25ClN4O4. The highest BCUT2D eigenvalue weighted by Gasteiger charge is 2.14. The molecule has 180 valence electrons. The van der Waals surface area contributed by atoms with Gasteiger partial charge in [0.2, 0.25) is 0 Å². The van der Waals surface area contributed by atoms with Crippen molar-refractivity contribution in [3.8, 4) is 5.75 Å². The number of amides is 3. The molecular weight excluding hydrogens is 468 g/mol. The van der Waals surface area contributed by atoms with E-state index in [0.717, 1.165) is 22.4 Å². The minimum Gasteiger partial charge on any atom is -0.484 e. The number of aryl methyl sites for hydroxylation is 3. The van der Waals surface area contributed by atoms with Gasteiger partial charge in [0, 0.05) is 5.69 Å². The third-order valence-corrected chi connectivity index (χ3v) is 5.23. The fourth-order valence-corrected chi connectivity index (χ4v) is 3.49. The van der Waals surface area contributed by atoms with Crippen LogP contribution in [0.5, 0.6) is 5.75 Å². The summed E-state index contributed by atoms with van der Waals surface area (Å²) in [5.74, 6) is -1.60. The van der Waals surface area contributed by atoms with Gasteiger partial charge in [0.15, 0.2) is 6.61 Å². The number of hydrogen-bond acceptors (Lipinski definition) is 5. The van der Waals surface area contributed by atoms with E-state index in [1.165, 1.54) is 6.21 Å². The van der Waals surface area contributed by atoms with Crippen LogP contribution >= 0.6 is 11.6 Å². The van der Waals surface area contributed by atoms with Crippen molar-refractivity contribution in [3.63, 3.8) is 0 Å². The third-order valence-electron chi connectivity index (χ3n) is 4.90. The SMILES string of the molecule is Cc1cc(C)c(NC(=O)COc2ccc(C=NNC(=O)C(=O)Nc3ccccc3Cl)cc2)c(C)c1. The number of nitrogens with one attached hydrogen (secondary N) is 3. The van der Waals surface area contributed by atoms with Gasteiger partial charge in [-0.15, -0.1) is 0 Å². The van der Waals surface area contributed by atoms with Crippen LogP contribution in [0, 0.1) is 20.8 Å². The van der Waals surface area contributed by atoms with Gasteiger partial charge in [-0.25, -0.2) is 5.43 Å². The van der Waals surface area contributed by atoms with Crippen molar-refractivity contribution in [2.75, 3.05) is 17.2 Å². The molecule has 0 aliphatic heterocycles. The van der Waals surface area contributed by atoms with Gasteiger partial charge in [-0.3, -0.25) is 14.4 Å². The number of rotatable bonds is 7. The highest BCUT2D eigenvalue weighted by Crippen LogP contribution is 2.22. The van der Waals surface area contributed by atoms with Crippen molar-refractivity contribution < 1.29 is 19.1 Å². The van der Waals surface area contributed by atoms with Crippen LogP contribution in [-0.2, 0) is 14.4 Å². The average Bonchev–Trinajstić information content (AvgIpc) is 2.82. The molecule has 0 radical (unpaired) electrons. The second-order valence-corrected chi connectivity index (χ2v) is 8.22. The first kappa shape index (κ1) is 25.5. The van der Waals surface area contributed by atoms with E-state index < -0.39 is 11.8 Å². The van der Waals surface area contributed by atoms with Gasteiger partial charge < -0.3 is 15.4 Å². The molecule has 0 atom stereocenters. The van der Waals surface area contributed by atoms with Crippen molar-refractivity contribution in [3.05, 3.63) is 87.9 Å². The van der Waals surface area contributed by atoms with E-state index in [2.05, 4.69) is 21.2 Å². The van der Waals surface area contributed by atoms with Gasteiger partial charge in [0.05, 0.1) is 16.9 Å². The van der Waals surface area contributed by atoms with Crippen molar-refractivity contribution in [1.29, 1.82) is 0 Å². The highest BCUT2D eigenvalue weighted by molar-refractivity contribution is 6.41. The smallest absolute Gasteiger partial charge is 0.329 e. The zero-order valence-electron chi connectivity index (χ0n) is 19.5. The molecule has 3 amide bonds. The molecule has 3 aromatic rings. The monoisotopic (exact) mass is 492 g/mol. The Morgan fingerprint density at radius 3 is 2.23 bits per heavy atom. The maximum absolute atomic E-state index is 12.3. The van der Waals surface area contributed by atoms with Gasteiger partial charge in [0.25, 0.3) is 5.91 Å². The zero-order chi connectivity index (χ0) is 25.4. The topological polar surface area (TPSA) is 109 Å². The molecule has 3 N–H and O–H groups in total. The average molecular weight is 493 g/mol. The number of hydrogen-bond donors (Lipinski definition) is 3. The maximum atomic E-state index is 12.3. The predicted octanol–water partition coefficient (Wildman–Crippen LogP) is 4.37. The molecule has 0 saturated heterocycles. The molecule has 0 spiro atoms. The summed E-state index contributed by atoms with van der Waals surface area (Å²) in [6, 6.07) is 17.3. The van der Waals surface area contributed by atoms with Crippen LogP contribution < -0.4 is 20.8 Å². The Bertz CT molecular complexity index is 1250. The Morgan fingerprint density at radius 2 is 1.57 bits per heavy atom. The van der Waals surface area contributed by atoms with Crippen molar-refractivity contribution in [2.24, 2.45) is 5.10 Å². The number of hydrazone groups is 1. The summed E-state index contributed by atoms with van der Waals surface area (Å²) >= 11 is 5.96. The Kier molecular flexibility index (Phi) is 8.58. The number of nitrogens with zero attached hydrogens (tertiary/aromatic N) is 1. The second-order valence-electron chi connectivity index (χ2n) is 7.81. The van der Waals surface area contributed by atoms with Crippen LogP contribution in [0.3, 0.4) is 0 Å². The third kappa shape index (κ3) is 7.41. The summed E-state index contributed by atoms with van der Waals surface area (Å²) in [4.78, 5) is 36.1. The van der Waals surface area contributed by atoms with Crippen LogP contribution in [0.15, 0.2) is 65.8 Å². The fraction of sp³-hybridized carbons (Fsp3) is 0.154. The lowest BCUT2D eigenvalue weighted by molar-refractivity contribution is -0.136. The first-order valence-corrected chi connectivity index (χ1v) is 11.1. The first-order valence-electron chi connectivity index (χ1n) is 10.7. The molecule has 0 aliphatic carbocycles. The number of para-hydroxylation sites is 1. The molecule has 3 aromatic carbocycles. The summed E-state index contributed by atoms with van der Waals surface area (Å²) < 4.78 is 5.55. The first-order chi connectivity index (χ1) is 16.7. The number of carbonyl (C=O) groups excluding carboxylic acids is 3. The van der Waals surface area contributed by atoms with Crippen LogP contribution in [0.1, 0.15) is 22.3 Å². The lowest BCUT2D eigenvalue weighted by Gasteiger charge is -2.13. The van der Waals surface area contributed by atoms with Gasteiger partial charge in [-0.2, -0.15) is 5.10 Å². The molecule has 0 saturated carbocycles. The van der Waals surface area contributed by atoms with E-state index in [9.17, 15) is 14.4 Å². The molecule has 0 bridgehead atoms. The largest absolute Gasteiger partial charge is 0.484 e. The van der Waals surface area contributed by atoms with Crippen molar-refractivity contribution in [1.82, 2.24) is 5.43 Å². The minimum atomic E-state index is -0.939. The molecule has 3 rings (SSSR count). The van der Waals surface area contributed by atoms with Crippen LogP contribution in [0.4, 0.5) is 11.4 Å². The number of anilines is 2. The Hall–Kier alpha value is -4.17. The van der Waals surface area contributed by atoms with E-state index >= 15 is 0 Å². The normalized spacial score (nSPS) is 10.6. The van der Waals surface area contributed by atoms with E-state index in [-0.39, 0.29) is 12.5 Å². The quantitative estimate of drug-likeness (QED) is 0.258. The number of ether oxygens (including phenoxy) is 1. The van der Waals surface area contributed by atoms with Gasteiger partial charge in [0.1, 0.15) is 5.75 Å². The van der Waals surface area contributed by atoms with Gasteiger partial charge >= 0.3 is 11.8 Å². The molecule has 35 heavy (non-hydrogen) atoms. The molecule has 9 heteroatoms. The second kappa shape index (κ2) is 11.8. The van der Waals surface area contributed by atoms with E-state index in [0.29, 0.717) is 22.0 Å². The number of benzene rings is 3. The summed E-state index contributed by atoms with van der Waals surface area (Å²) in [5.41, 5.74) is 7.04. The number of halogens is 1. The van der Waals surface area contributed by atoms with E-state index in [1.807, 2.05) is 32.9 Å². The van der Waals surface area contributed by atoms with Crippen molar-refractivity contribution in [2.45, 2.75) is 20.8 Å². The molecule has 0 heterocycles.